The highest BCUT2D eigenvalue weighted by Crippen LogP contribution is 2.28. The second-order valence-electron chi connectivity index (χ2n) is 3.26. The molecule has 88 valence electrons. The third-order valence-electron chi connectivity index (χ3n) is 2.12. The van der Waals surface area contributed by atoms with Gasteiger partial charge in [0.25, 0.3) is 0 Å². The molecule has 0 unspecified atom stereocenters. The molecule has 0 atom stereocenters. The summed E-state index contributed by atoms with van der Waals surface area (Å²) in [6.45, 7) is 2.02. The maximum absolute atomic E-state index is 13.1. The predicted molar refractivity (Wildman–Crippen MR) is 63.5 cm³/mol. The number of ether oxygens (including phenoxy) is 1. The van der Waals surface area contributed by atoms with Crippen LogP contribution in [0.4, 0.5) is 4.39 Å². The lowest BCUT2D eigenvalue weighted by Crippen LogP contribution is -2.06. The average molecular weight is 251 g/mol. The van der Waals surface area contributed by atoms with Crippen LogP contribution in [-0.4, -0.2) is 17.6 Å². The second-order valence-corrected chi connectivity index (χ2v) is 4.12. The number of benzene rings is 1. The Balaban J connectivity index is 2.40. The van der Waals surface area contributed by atoms with E-state index in [-0.39, 0.29) is 11.5 Å². The molecule has 0 aliphatic heterocycles. The van der Waals surface area contributed by atoms with Crippen molar-refractivity contribution in [2.24, 2.45) is 0 Å². The van der Waals surface area contributed by atoms with Gasteiger partial charge in [0.05, 0.1) is 17.0 Å². The minimum atomic E-state index is -0.479. The van der Waals surface area contributed by atoms with Crippen LogP contribution < -0.4 is 0 Å². The molecule has 0 fully saturated rings. The number of rotatable bonds is 3. The number of carbonyl (C=O) groups excluding carboxylic acids is 1. The van der Waals surface area contributed by atoms with E-state index in [9.17, 15) is 9.18 Å². The van der Waals surface area contributed by atoms with Crippen LogP contribution in [0.25, 0.3) is 10.4 Å². The zero-order valence-electron chi connectivity index (χ0n) is 9.14. The summed E-state index contributed by atoms with van der Waals surface area (Å²) in [4.78, 5) is 16.2. The zero-order chi connectivity index (χ0) is 12.3. The van der Waals surface area contributed by atoms with Gasteiger partial charge in [-0.1, -0.05) is 12.1 Å². The number of hydrogen-bond donors (Lipinski definition) is 0. The van der Waals surface area contributed by atoms with E-state index in [1.807, 2.05) is 0 Å². The first-order valence-corrected chi connectivity index (χ1v) is 5.97. The smallest absolute Gasteiger partial charge is 0.358 e. The van der Waals surface area contributed by atoms with E-state index in [2.05, 4.69) is 4.98 Å². The van der Waals surface area contributed by atoms with Gasteiger partial charge in [0, 0.05) is 0 Å². The minimum absolute atomic E-state index is 0.238. The molecular weight excluding hydrogens is 241 g/mol. The van der Waals surface area contributed by atoms with Crippen molar-refractivity contribution >= 4 is 17.3 Å². The van der Waals surface area contributed by atoms with Crippen LogP contribution in [0, 0.1) is 5.82 Å². The van der Waals surface area contributed by atoms with E-state index in [1.165, 1.54) is 23.5 Å². The number of aromatic nitrogens is 1. The molecule has 0 bridgehead atoms. The molecule has 0 N–H and O–H groups in total. The average Bonchev–Trinajstić information content (AvgIpc) is 2.78. The molecule has 0 amide bonds. The van der Waals surface area contributed by atoms with Crippen LogP contribution in [0.1, 0.15) is 17.4 Å². The van der Waals surface area contributed by atoms with E-state index in [0.717, 1.165) is 0 Å². The Hall–Kier alpha value is -1.75. The van der Waals surface area contributed by atoms with Gasteiger partial charge < -0.3 is 4.74 Å². The van der Waals surface area contributed by atoms with Crippen LogP contribution in [0.15, 0.2) is 29.8 Å². The summed E-state index contributed by atoms with van der Waals surface area (Å²) in [5.41, 5.74) is 2.42. The third-order valence-corrected chi connectivity index (χ3v) is 3.00. The molecule has 0 saturated carbocycles. The molecule has 3 nitrogen and oxygen atoms in total. The van der Waals surface area contributed by atoms with Crippen molar-refractivity contribution in [2.75, 3.05) is 6.61 Å². The fourth-order valence-electron chi connectivity index (χ4n) is 1.43. The van der Waals surface area contributed by atoms with Gasteiger partial charge in [0.1, 0.15) is 5.82 Å². The summed E-state index contributed by atoms with van der Waals surface area (Å²) >= 11 is 1.29. The van der Waals surface area contributed by atoms with Crippen molar-refractivity contribution in [1.29, 1.82) is 0 Å². The Morgan fingerprint density at radius 2 is 2.35 bits per heavy atom. The second kappa shape index (κ2) is 5.05. The molecule has 1 heterocycles. The highest BCUT2D eigenvalue weighted by Gasteiger charge is 2.17. The first-order chi connectivity index (χ1) is 8.22. The summed E-state index contributed by atoms with van der Waals surface area (Å²) in [6, 6.07) is 6.06. The van der Waals surface area contributed by atoms with Crippen LogP contribution in [0.3, 0.4) is 0 Å². The third kappa shape index (κ3) is 2.50. The van der Waals surface area contributed by atoms with Crippen molar-refractivity contribution in [3.05, 3.63) is 41.3 Å². The quantitative estimate of drug-likeness (QED) is 0.787. The molecule has 2 rings (SSSR count). The van der Waals surface area contributed by atoms with E-state index in [4.69, 9.17) is 4.74 Å². The largest absolute Gasteiger partial charge is 0.461 e. The van der Waals surface area contributed by atoms with Crippen molar-refractivity contribution in [1.82, 2.24) is 4.98 Å². The molecule has 1 aromatic carbocycles. The molecular formula is C12H10FNO2S. The number of carbonyl (C=O) groups is 1. The van der Waals surface area contributed by atoms with Crippen molar-refractivity contribution in [3.63, 3.8) is 0 Å². The number of esters is 1. The zero-order valence-corrected chi connectivity index (χ0v) is 9.96. The first kappa shape index (κ1) is 11.7. The summed E-state index contributed by atoms with van der Waals surface area (Å²) < 4.78 is 18.0. The number of halogens is 1. The molecule has 1 aromatic heterocycles. The van der Waals surface area contributed by atoms with Gasteiger partial charge in [-0.25, -0.2) is 14.2 Å². The maximum Gasteiger partial charge on any atom is 0.358 e. The maximum atomic E-state index is 13.1. The molecule has 0 radical (unpaired) electrons. The van der Waals surface area contributed by atoms with Gasteiger partial charge in [-0.2, -0.15) is 0 Å². The molecule has 0 saturated heterocycles. The molecule has 0 spiro atoms. The van der Waals surface area contributed by atoms with Gasteiger partial charge >= 0.3 is 5.97 Å². The van der Waals surface area contributed by atoms with E-state index < -0.39 is 5.97 Å². The monoisotopic (exact) mass is 251 g/mol. The van der Waals surface area contributed by atoms with Crippen LogP contribution in [0.2, 0.25) is 0 Å². The first-order valence-electron chi connectivity index (χ1n) is 5.09. The fraction of sp³-hybridized carbons (Fsp3) is 0.167. The number of nitrogens with zero attached hydrogens (tertiary/aromatic N) is 1. The van der Waals surface area contributed by atoms with E-state index >= 15 is 0 Å². The standard InChI is InChI=1S/C12H10FNO2S/c1-2-16-12(15)10-11(17-7-14-10)8-4-3-5-9(13)6-8/h3-7H,2H2,1H3. The summed E-state index contributed by atoms with van der Waals surface area (Å²) in [6.07, 6.45) is 0. The normalized spacial score (nSPS) is 10.2. The SMILES string of the molecule is CCOC(=O)c1ncsc1-c1cccc(F)c1. The highest BCUT2D eigenvalue weighted by molar-refractivity contribution is 7.13. The Kier molecular flexibility index (Phi) is 3.49. The summed E-state index contributed by atoms with van der Waals surface area (Å²) in [5, 5.41) is 0. The molecule has 0 aliphatic rings. The van der Waals surface area contributed by atoms with Gasteiger partial charge in [-0.3, -0.25) is 0 Å². The Labute approximate surface area is 102 Å². The number of hydrogen-bond acceptors (Lipinski definition) is 4. The van der Waals surface area contributed by atoms with Gasteiger partial charge in [0.15, 0.2) is 5.69 Å². The van der Waals surface area contributed by atoms with Crippen LogP contribution in [0.5, 0.6) is 0 Å². The van der Waals surface area contributed by atoms with Gasteiger partial charge in [-0.05, 0) is 24.6 Å². The van der Waals surface area contributed by atoms with Crippen molar-refractivity contribution in [2.45, 2.75) is 6.92 Å². The lowest BCUT2D eigenvalue weighted by molar-refractivity contribution is 0.0521. The molecule has 5 heteroatoms. The summed E-state index contributed by atoms with van der Waals surface area (Å²) in [5.74, 6) is -0.821. The van der Waals surface area contributed by atoms with E-state index in [1.54, 1.807) is 24.6 Å². The Morgan fingerprint density at radius 1 is 1.53 bits per heavy atom. The van der Waals surface area contributed by atoms with Gasteiger partial charge in [-0.15, -0.1) is 11.3 Å². The Bertz CT molecular complexity index is 539. The van der Waals surface area contributed by atoms with Crippen molar-refractivity contribution in [3.8, 4) is 10.4 Å². The van der Waals surface area contributed by atoms with Crippen LogP contribution >= 0.6 is 11.3 Å². The Morgan fingerprint density at radius 3 is 3.06 bits per heavy atom. The minimum Gasteiger partial charge on any atom is -0.461 e. The molecule has 17 heavy (non-hydrogen) atoms. The topological polar surface area (TPSA) is 39.2 Å². The molecule has 0 aliphatic carbocycles. The number of thiazole rings is 1. The van der Waals surface area contributed by atoms with Crippen LogP contribution in [-0.2, 0) is 4.74 Å². The van der Waals surface area contributed by atoms with Gasteiger partial charge in [0.2, 0.25) is 0 Å². The fourth-order valence-corrected chi connectivity index (χ4v) is 2.20. The lowest BCUT2D eigenvalue weighted by Gasteiger charge is -2.02. The highest BCUT2D eigenvalue weighted by atomic mass is 32.1. The van der Waals surface area contributed by atoms with E-state index in [0.29, 0.717) is 17.0 Å². The summed E-state index contributed by atoms with van der Waals surface area (Å²) in [7, 11) is 0. The van der Waals surface area contributed by atoms with Crippen molar-refractivity contribution < 1.29 is 13.9 Å². The predicted octanol–water partition coefficient (Wildman–Crippen LogP) is 3.13. The lowest BCUT2D eigenvalue weighted by atomic mass is 10.1. The molecule has 2 aromatic rings.